The number of hydrogen-bond acceptors (Lipinski definition) is 0. The summed E-state index contributed by atoms with van der Waals surface area (Å²) in [6, 6.07) is 0. The molecule has 3 heteroatoms. The molecule has 0 amide bonds. The topological polar surface area (TPSA) is 0 Å². The van der Waals surface area contributed by atoms with E-state index in [4.69, 9.17) is 17.0 Å². The van der Waals surface area contributed by atoms with Crippen molar-refractivity contribution in [3.63, 3.8) is 0 Å². The van der Waals surface area contributed by atoms with Gasteiger partial charge in [-0.1, -0.05) is 13.8 Å². The van der Waals surface area contributed by atoms with E-state index in [9.17, 15) is 0 Å². The Morgan fingerprint density at radius 1 is 0.800 bits per heavy atom. The van der Waals surface area contributed by atoms with Gasteiger partial charge in [0.25, 0.3) is 0 Å². The van der Waals surface area contributed by atoms with E-state index in [0.29, 0.717) is 0 Å². The van der Waals surface area contributed by atoms with Crippen LogP contribution in [0.3, 0.4) is 0 Å². The first-order valence-corrected chi connectivity index (χ1v) is 10.9. The average Bonchev–Trinajstić information content (AvgIpc) is 2.81. The van der Waals surface area contributed by atoms with Crippen LogP contribution in [0.4, 0.5) is 0 Å². The van der Waals surface area contributed by atoms with Crippen LogP contribution in [0.2, 0.25) is 0 Å². The monoisotopic (exact) mass is 318 g/mol. The molecule has 0 atom stereocenters. The maximum absolute atomic E-state index is 4.93. The second-order valence-electron chi connectivity index (χ2n) is 3.00. The van der Waals surface area contributed by atoms with Crippen LogP contribution in [-0.4, -0.2) is 0 Å². The van der Waals surface area contributed by atoms with Crippen molar-refractivity contribution < 1.29 is 20.8 Å². The quantitative estimate of drug-likeness (QED) is 0.627. The molecule has 0 heterocycles. The van der Waals surface area contributed by atoms with Gasteiger partial charge in [0, 0.05) is 0 Å². The van der Waals surface area contributed by atoms with Crippen molar-refractivity contribution in [3.05, 3.63) is 63.2 Å². The Kier molecular flexibility index (Phi) is 13.1. The zero-order chi connectivity index (χ0) is 11.5. The Labute approximate surface area is 114 Å². The minimum absolute atomic E-state index is 0.826. The molecule has 0 N–H and O–H groups in total. The molecule has 10 radical (unpaired) electrons. The van der Waals surface area contributed by atoms with Crippen molar-refractivity contribution in [2.45, 2.75) is 13.8 Å². The zero-order valence-electron chi connectivity index (χ0n) is 8.87. The van der Waals surface area contributed by atoms with Gasteiger partial charge in [0.15, 0.2) is 0 Å². The van der Waals surface area contributed by atoms with Gasteiger partial charge in [0.1, 0.15) is 0 Å². The fourth-order valence-corrected chi connectivity index (χ4v) is 1.04. The van der Waals surface area contributed by atoms with Gasteiger partial charge < -0.3 is 0 Å². The molecule has 15 heavy (non-hydrogen) atoms. The van der Waals surface area contributed by atoms with Gasteiger partial charge in [-0.05, 0) is 63.2 Å². The Morgan fingerprint density at radius 2 is 1.07 bits per heavy atom. The van der Waals surface area contributed by atoms with E-state index in [1.807, 2.05) is 32.1 Å². The van der Waals surface area contributed by atoms with Crippen LogP contribution in [0.1, 0.15) is 13.8 Å². The fraction of sp³-hybridized carbons (Fsp3) is 0.167. The normalized spacial score (nSPS) is 21.3. The molecule has 0 aromatic heterocycles. The third-order valence-electron chi connectivity index (χ3n) is 1.62. The predicted molar refractivity (Wildman–Crippen MR) is 63.9 cm³/mol. The van der Waals surface area contributed by atoms with Crippen LogP contribution in [0, 0.1) is 63.2 Å². The van der Waals surface area contributed by atoms with E-state index in [-0.39, 0.29) is 0 Å². The van der Waals surface area contributed by atoms with E-state index in [2.05, 4.69) is 33.1 Å². The summed E-state index contributed by atoms with van der Waals surface area (Å²) in [6.45, 7) is 4.21. The minimum atomic E-state index is -0.826. The summed E-state index contributed by atoms with van der Waals surface area (Å²) >= 11 is -0.826. The molecule has 0 nitrogen and oxygen atoms in total. The molecule has 0 spiro atoms. The summed E-state index contributed by atoms with van der Waals surface area (Å²) < 4.78 is 0. The van der Waals surface area contributed by atoms with Crippen LogP contribution in [-0.2, 0) is 20.8 Å². The van der Waals surface area contributed by atoms with Crippen molar-refractivity contribution in [1.82, 2.24) is 0 Å². The van der Waals surface area contributed by atoms with Crippen molar-refractivity contribution in [2.75, 3.05) is 0 Å². The molecule has 0 bridgehead atoms. The molecule has 0 unspecified atom stereocenters. The van der Waals surface area contributed by atoms with Crippen LogP contribution in [0.25, 0.3) is 0 Å². The van der Waals surface area contributed by atoms with E-state index in [1.165, 1.54) is 11.8 Å². The molecule has 2 saturated carbocycles. The number of rotatable bonds is 0. The van der Waals surface area contributed by atoms with E-state index >= 15 is 0 Å². The first-order valence-electron chi connectivity index (χ1n) is 4.53. The number of halogens is 2. The van der Waals surface area contributed by atoms with Gasteiger partial charge in [-0.15, -0.1) is 0 Å². The average molecular weight is 320 g/mol. The molecule has 0 aromatic rings. The fourth-order valence-electron chi connectivity index (χ4n) is 1.04. The van der Waals surface area contributed by atoms with Crippen molar-refractivity contribution in [2.24, 2.45) is 0 Å². The standard InChI is InChI=1S/C7H9.C5H5.2ClH.Zr/c1-6-3-4-7(2)5-6;1-2-4-5-3-1;;;/h3-5H,1-2H3;1-5H;2*1H;/q;;;;+2/p-2. The molecule has 80 valence electrons. The van der Waals surface area contributed by atoms with Gasteiger partial charge in [-0.25, -0.2) is 0 Å². The summed E-state index contributed by atoms with van der Waals surface area (Å²) in [4.78, 5) is 0. The van der Waals surface area contributed by atoms with E-state index < -0.39 is 20.8 Å². The van der Waals surface area contributed by atoms with Gasteiger partial charge in [0.05, 0.1) is 0 Å². The maximum atomic E-state index is 4.93. The van der Waals surface area contributed by atoms with E-state index in [1.54, 1.807) is 0 Å². The van der Waals surface area contributed by atoms with E-state index in [0.717, 1.165) is 0 Å². The Morgan fingerprint density at radius 3 is 1.20 bits per heavy atom. The first-order chi connectivity index (χ1) is 7.20. The summed E-state index contributed by atoms with van der Waals surface area (Å²) in [5.41, 5.74) is 0. The Bertz CT molecular complexity index is 111. The molecule has 2 rings (SSSR count). The molecular weight excluding hydrogens is 306 g/mol. The van der Waals surface area contributed by atoms with Crippen molar-refractivity contribution in [1.29, 1.82) is 0 Å². The second-order valence-corrected chi connectivity index (χ2v) is 6.73. The molecule has 0 saturated heterocycles. The summed E-state index contributed by atoms with van der Waals surface area (Å²) in [5, 5.41) is 0. The summed E-state index contributed by atoms with van der Waals surface area (Å²) in [5.74, 6) is 2.72. The van der Waals surface area contributed by atoms with Gasteiger partial charge in [-0.3, -0.25) is 0 Å². The molecule has 2 aliphatic carbocycles. The summed E-state index contributed by atoms with van der Waals surface area (Å²) in [7, 11) is 9.87. The third kappa shape index (κ3) is 11.7. The number of hydrogen-bond donors (Lipinski definition) is 0. The molecule has 0 aromatic carbocycles. The van der Waals surface area contributed by atoms with Crippen molar-refractivity contribution in [3.8, 4) is 0 Å². The van der Waals surface area contributed by atoms with Crippen molar-refractivity contribution >= 4 is 17.0 Å². The van der Waals surface area contributed by atoms with Crippen LogP contribution in [0.15, 0.2) is 0 Å². The SMILES string of the molecule is C[C]1[CH][CH][C](C)[CH]1.[CH]1[CH][CH][CH][CH]1.[Cl][Zr][Cl]. The van der Waals surface area contributed by atoms with Gasteiger partial charge >= 0.3 is 37.9 Å². The zero-order valence-corrected chi connectivity index (χ0v) is 12.8. The molecule has 2 fully saturated rings. The first kappa shape index (κ1) is 16.5. The molecule has 0 aliphatic heterocycles. The molecule has 2 aliphatic rings. The second kappa shape index (κ2) is 11.9. The van der Waals surface area contributed by atoms with Gasteiger partial charge in [0.2, 0.25) is 0 Å². The molecular formula is C12H14Cl2Zr. The predicted octanol–water partition coefficient (Wildman–Crippen LogP) is 4.20. The van der Waals surface area contributed by atoms with Gasteiger partial charge in [-0.2, -0.15) is 0 Å². The van der Waals surface area contributed by atoms with Crippen LogP contribution in [0.5, 0.6) is 0 Å². The Balaban J connectivity index is 0.000000216. The van der Waals surface area contributed by atoms with Crippen LogP contribution < -0.4 is 0 Å². The van der Waals surface area contributed by atoms with Crippen LogP contribution >= 0.6 is 17.0 Å². The third-order valence-corrected chi connectivity index (χ3v) is 1.62. The Hall–Kier alpha value is 1.46. The summed E-state index contributed by atoms with van der Waals surface area (Å²) in [6.07, 6.45) is 16.4.